The van der Waals surface area contributed by atoms with Gasteiger partial charge in [-0.25, -0.2) is 0 Å². The Morgan fingerprint density at radius 3 is 2.64 bits per heavy atom. The van der Waals surface area contributed by atoms with Gasteiger partial charge in [-0.15, -0.1) is 0 Å². The Morgan fingerprint density at radius 1 is 1.43 bits per heavy atom. The van der Waals surface area contributed by atoms with E-state index in [4.69, 9.17) is 15.2 Å². The molecule has 0 aromatic rings. The third kappa shape index (κ3) is 3.95. The average Bonchev–Trinajstić information content (AvgIpc) is 2.26. The lowest BCUT2D eigenvalue weighted by atomic mass is 10.0. The summed E-state index contributed by atoms with van der Waals surface area (Å²) in [6.45, 7) is 6.79. The van der Waals surface area contributed by atoms with Crippen molar-refractivity contribution in [2.45, 2.75) is 45.3 Å². The first-order chi connectivity index (χ1) is 6.74. The smallest absolute Gasteiger partial charge is 0.0697 e. The number of hydrogen-bond donors (Lipinski definition) is 1. The molecular formula is C11H23NO2. The second-order valence-electron chi connectivity index (χ2n) is 4.17. The van der Waals surface area contributed by atoms with Crippen LogP contribution in [0.4, 0.5) is 0 Å². The van der Waals surface area contributed by atoms with Gasteiger partial charge in [-0.1, -0.05) is 6.92 Å². The maximum absolute atomic E-state index is 5.88. The molecule has 0 aliphatic carbocycles. The van der Waals surface area contributed by atoms with Crippen LogP contribution in [0.25, 0.3) is 0 Å². The number of hydrogen-bond acceptors (Lipinski definition) is 3. The lowest BCUT2D eigenvalue weighted by Crippen LogP contribution is -2.35. The van der Waals surface area contributed by atoms with E-state index >= 15 is 0 Å². The quantitative estimate of drug-likeness (QED) is 0.734. The van der Waals surface area contributed by atoms with Crippen LogP contribution in [-0.2, 0) is 9.47 Å². The van der Waals surface area contributed by atoms with Crippen LogP contribution in [0.2, 0.25) is 0 Å². The molecule has 1 fully saturated rings. The highest BCUT2D eigenvalue weighted by molar-refractivity contribution is 4.69. The van der Waals surface area contributed by atoms with E-state index in [2.05, 4.69) is 13.8 Å². The Kier molecular flexibility index (Phi) is 5.45. The van der Waals surface area contributed by atoms with Crippen LogP contribution < -0.4 is 5.73 Å². The van der Waals surface area contributed by atoms with Crippen LogP contribution in [0.3, 0.4) is 0 Å². The molecule has 3 heteroatoms. The predicted molar refractivity (Wildman–Crippen MR) is 57.2 cm³/mol. The van der Waals surface area contributed by atoms with Crippen molar-refractivity contribution in [1.29, 1.82) is 0 Å². The molecule has 84 valence electrons. The van der Waals surface area contributed by atoms with Gasteiger partial charge in [0.2, 0.25) is 0 Å². The largest absolute Gasteiger partial charge is 0.381 e. The molecule has 0 spiro atoms. The minimum atomic E-state index is 0.176. The van der Waals surface area contributed by atoms with Crippen molar-refractivity contribution in [2.75, 3.05) is 19.8 Å². The first kappa shape index (κ1) is 12.0. The van der Waals surface area contributed by atoms with E-state index in [-0.39, 0.29) is 12.1 Å². The predicted octanol–water partition coefficient (Wildman–Crippen LogP) is 1.56. The molecular weight excluding hydrogens is 178 g/mol. The molecule has 14 heavy (non-hydrogen) atoms. The molecule has 1 rings (SSSR count). The van der Waals surface area contributed by atoms with E-state index < -0.39 is 0 Å². The van der Waals surface area contributed by atoms with Crippen molar-refractivity contribution >= 4 is 0 Å². The van der Waals surface area contributed by atoms with Gasteiger partial charge in [0.1, 0.15) is 0 Å². The van der Waals surface area contributed by atoms with Gasteiger partial charge in [0.15, 0.2) is 0 Å². The zero-order chi connectivity index (χ0) is 10.4. The first-order valence-corrected chi connectivity index (χ1v) is 5.69. The Hall–Kier alpha value is -0.120. The Morgan fingerprint density at radius 2 is 2.07 bits per heavy atom. The molecule has 1 saturated heterocycles. The molecule has 0 amide bonds. The van der Waals surface area contributed by atoms with Crippen LogP contribution in [0.5, 0.6) is 0 Å². The first-order valence-electron chi connectivity index (χ1n) is 5.69. The van der Waals surface area contributed by atoms with Crippen LogP contribution in [-0.4, -0.2) is 32.0 Å². The third-order valence-electron chi connectivity index (χ3n) is 3.01. The van der Waals surface area contributed by atoms with E-state index in [1.165, 1.54) is 0 Å². The minimum absolute atomic E-state index is 0.176. The normalized spacial score (nSPS) is 23.4. The molecule has 0 bridgehead atoms. The topological polar surface area (TPSA) is 44.5 Å². The lowest BCUT2D eigenvalue weighted by Gasteiger charge is -2.25. The van der Waals surface area contributed by atoms with Crippen LogP contribution in [0.15, 0.2) is 0 Å². The molecule has 0 aromatic carbocycles. The van der Waals surface area contributed by atoms with Gasteiger partial charge in [-0.05, 0) is 32.1 Å². The van der Waals surface area contributed by atoms with Crippen LogP contribution in [0.1, 0.15) is 33.1 Å². The summed E-state index contributed by atoms with van der Waals surface area (Å²) in [6, 6.07) is 0.176. The van der Waals surface area contributed by atoms with Gasteiger partial charge < -0.3 is 15.2 Å². The van der Waals surface area contributed by atoms with E-state index in [0.29, 0.717) is 5.92 Å². The molecule has 2 N–H and O–H groups in total. The van der Waals surface area contributed by atoms with Gasteiger partial charge in [0.05, 0.1) is 6.10 Å². The lowest BCUT2D eigenvalue weighted by molar-refractivity contribution is -0.0129. The van der Waals surface area contributed by atoms with E-state index in [9.17, 15) is 0 Å². The second-order valence-corrected chi connectivity index (χ2v) is 4.17. The van der Waals surface area contributed by atoms with E-state index in [0.717, 1.165) is 39.1 Å². The Labute approximate surface area is 86.9 Å². The Bertz CT molecular complexity index is 144. The molecule has 1 aliphatic heterocycles. The van der Waals surface area contributed by atoms with Gasteiger partial charge in [0, 0.05) is 25.9 Å². The van der Waals surface area contributed by atoms with Crippen LogP contribution >= 0.6 is 0 Å². The van der Waals surface area contributed by atoms with Gasteiger partial charge in [-0.2, -0.15) is 0 Å². The molecule has 1 aliphatic rings. The fourth-order valence-corrected chi connectivity index (χ4v) is 1.66. The highest BCUT2D eigenvalue weighted by Gasteiger charge is 2.17. The summed E-state index contributed by atoms with van der Waals surface area (Å²) < 4.78 is 11.0. The van der Waals surface area contributed by atoms with Crippen LogP contribution in [0, 0.1) is 5.92 Å². The molecule has 0 saturated carbocycles. The highest BCUT2D eigenvalue weighted by Crippen LogP contribution is 2.16. The van der Waals surface area contributed by atoms with Crippen molar-refractivity contribution in [2.24, 2.45) is 11.7 Å². The Balaban J connectivity index is 2.12. The summed E-state index contributed by atoms with van der Waals surface area (Å²) in [5, 5.41) is 0. The summed E-state index contributed by atoms with van der Waals surface area (Å²) in [5.74, 6) is 0.676. The van der Waals surface area contributed by atoms with Gasteiger partial charge in [0.25, 0.3) is 0 Å². The third-order valence-corrected chi connectivity index (χ3v) is 3.01. The molecule has 0 aromatic heterocycles. The summed E-state index contributed by atoms with van der Waals surface area (Å²) in [6.07, 6.45) is 3.43. The van der Waals surface area contributed by atoms with Crippen molar-refractivity contribution in [1.82, 2.24) is 0 Å². The molecule has 2 atom stereocenters. The fourth-order valence-electron chi connectivity index (χ4n) is 1.66. The molecule has 2 unspecified atom stereocenters. The van der Waals surface area contributed by atoms with Crippen molar-refractivity contribution in [3.63, 3.8) is 0 Å². The summed E-state index contributed by atoms with van der Waals surface area (Å²) in [7, 11) is 0. The number of nitrogens with two attached hydrogens (primary N) is 1. The highest BCUT2D eigenvalue weighted by atomic mass is 16.5. The van der Waals surface area contributed by atoms with Gasteiger partial charge >= 0.3 is 0 Å². The molecule has 1 heterocycles. The number of rotatable bonds is 5. The fraction of sp³-hybridized carbons (Fsp3) is 1.00. The summed E-state index contributed by atoms with van der Waals surface area (Å²) >= 11 is 0. The number of ether oxygens (including phenoxy) is 2. The summed E-state index contributed by atoms with van der Waals surface area (Å²) in [5.41, 5.74) is 5.88. The van der Waals surface area contributed by atoms with Crippen molar-refractivity contribution < 1.29 is 9.47 Å². The van der Waals surface area contributed by atoms with Crippen molar-refractivity contribution in [3.8, 4) is 0 Å². The zero-order valence-corrected chi connectivity index (χ0v) is 9.37. The second kappa shape index (κ2) is 6.38. The van der Waals surface area contributed by atoms with E-state index in [1.54, 1.807) is 0 Å². The average molecular weight is 201 g/mol. The monoisotopic (exact) mass is 201 g/mol. The zero-order valence-electron chi connectivity index (χ0n) is 9.37. The SMILES string of the molecule is CCC(N)C(C)OCC1CCOCC1. The maximum Gasteiger partial charge on any atom is 0.0697 e. The minimum Gasteiger partial charge on any atom is -0.381 e. The van der Waals surface area contributed by atoms with E-state index in [1.807, 2.05) is 0 Å². The maximum atomic E-state index is 5.88. The van der Waals surface area contributed by atoms with Gasteiger partial charge in [-0.3, -0.25) is 0 Å². The molecule has 3 nitrogen and oxygen atoms in total. The standard InChI is InChI=1S/C11H23NO2/c1-3-11(12)9(2)14-8-10-4-6-13-7-5-10/h9-11H,3-8,12H2,1-2H3. The molecule has 0 radical (unpaired) electrons. The van der Waals surface area contributed by atoms with Crippen molar-refractivity contribution in [3.05, 3.63) is 0 Å². The summed E-state index contributed by atoms with van der Waals surface area (Å²) in [4.78, 5) is 0.